The molecule has 0 aromatic heterocycles. The molecule has 0 saturated carbocycles. The van der Waals surface area contributed by atoms with Gasteiger partial charge in [0.25, 0.3) is 0 Å². The third-order valence-electron chi connectivity index (χ3n) is 22.5. The molecule has 0 radical (unpaired) electrons. The number of benzene rings is 11. The van der Waals surface area contributed by atoms with E-state index in [9.17, 15) is 4.79 Å². The van der Waals surface area contributed by atoms with Gasteiger partial charge in [-0.15, -0.1) is 0 Å². The Bertz CT molecular complexity index is 4830. The topological polar surface area (TPSA) is 192 Å². The van der Waals surface area contributed by atoms with Crippen LogP contribution in [0.25, 0.3) is 0 Å². The summed E-state index contributed by atoms with van der Waals surface area (Å²) < 4.78 is 153. The molecule has 125 heavy (non-hydrogen) atoms. The Morgan fingerprint density at radius 2 is 0.472 bits per heavy atom. The van der Waals surface area contributed by atoms with Crippen molar-refractivity contribution < 1.29 is 99.2 Å². The van der Waals surface area contributed by atoms with Crippen LogP contribution in [0.3, 0.4) is 0 Å². The highest BCUT2D eigenvalue weighted by Gasteiger charge is 2.57. The molecule has 15 rings (SSSR count). The summed E-state index contributed by atoms with van der Waals surface area (Å²) in [5.41, 5.74) is 9.64. The molecule has 4 fully saturated rings. The maximum Gasteiger partial charge on any atom is 0.303 e. The van der Waals surface area contributed by atoms with Crippen molar-refractivity contribution in [3.05, 3.63) is 395 Å². The Hall–Kier alpha value is -9.90. The van der Waals surface area contributed by atoms with Gasteiger partial charge < -0.3 is 90.0 Å². The van der Waals surface area contributed by atoms with Gasteiger partial charge >= 0.3 is 5.97 Å². The Balaban J connectivity index is 0.842. The molecule has 654 valence electrons. The van der Waals surface area contributed by atoms with E-state index in [4.69, 9.17) is 90.0 Å². The molecule has 0 amide bonds. The summed E-state index contributed by atoms with van der Waals surface area (Å²) in [6.45, 7) is 4.00. The SMILES string of the molecule is CC(=O)O[C@@H]1C(OCc2ccccc2)[C@@H](F)OC(CO[C@H]2OC(COCc3ccccc3)[C@@H](OCc3ccccc3)[C@H](OCc3ccccc3)C2O[C@H]2OC(CO[C@@H]3OC(COCc4ccccc4)[C@@H](OCc4ccccc4)[C@H](OCc4ccccc4)C3C)[C@@H](OCc3ccccc3)[C@H](OCc3ccccc3)C2OCc2ccccc2)[C@H]1OCc1ccccc1. The quantitative estimate of drug-likeness (QED) is 0.0327. The number of carbonyl (C=O) groups excluding carboxylic acids is 1. The first kappa shape index (κ1) is 89.9. The van der Waals surface area contributed by atoms with E-state index in [2.05, 4.69) is 0 Å². The number of hydrogen-bond donors (Lipinski definition) is 0. The van der Waals surface area contributed by atoms with Crippen molar-refractivity contribution in [1.82, 2.24) is 0 Å². The van der Waals surface area contributed by atoms with Gasteiger partial charge in [0.1, 0.15) is 73.2 Å². The van der Waals surface area contributed by atoms with E-state index in [1.807, 2.05) is 341 Å². The minimum atomic E-state index is -2.19. The van der Waals surface area contributed by atoms with Gasteiger partial charge in [-0.25, -0.2) is 4.39 Å². The molecule has 20 nitrogen and oxygen atoms in total. The fourth-order valence-electron chi connectivity index (χ4n) is 16.1. The zero-order chi connectivity index (χ0) is 85.4. The predicted octanol–water partition coefficient (Wildman–Crippen LogP) is 17.5. The number of halogens is 1. The van der Waals surface area contributed by atoms with Crippen molar-refractivity contribution in [2.45, 2.75) is 203 Å². The molecule has 8 unspecified atom stereocenters. The van der Waals surface area contributed by atoms with Crippen LogP contribution in [-0.2, 0) is 167 Å². The molecule has 11 aromatic carbocycles. The third kappa shape index (κ3) is 26.4. The molecular formula is C104H111FO20. The number of esters is 1. The van der Waals surface area contributed by atoms with Crippen LogP contribution in [0.15, 0.2) is 334 Å². The zero-order valence-corrected chi connectivity index (χ0v) is 70.5. The van der Waals surface area contributed by atoms with Gasteiger partial charge in [0.2, 0.25) is 6.36 Å². The van der Waals surface area contributed by atoms with Crippen LogP contribution < -0.4 is 0 Å². The first-order chi connectivity index (χ1) is 61.6. The number of hydrogen-bond acceptors (Lipinski definition) is 20. The van der Waals surface area contributed by atoms with Crippen LogP contribution in [0.1, 0.15) is 75.0 Å². The number of alkyl halides is 1. The van der Waals surface area contributed by atoms with Crippen LogP contribution in [0, 0.1) is 5.92 Å². The average molecular weight is 1700 g/mol. The molecule has 4 heterocycles. The normalized spacial score (nSPS) is 26.2. The molecule has 21 heteroatoms. The molecule has 0 N–H and O–H groups in total. The molecule has 4 aliphatic heterocycles. The average Bonchev–Trinajstić information content (AvgIpc) is 0.766. The van der Waals surface area contributed by atoms with Gasteiger partial charge in [-0.2, -0.15) is 0 Å². The lowest BCUT2D eigenvalue weighted by Gasteiger charge is -2.51. The highest BCUT2D eigenvalue weighted by atomic mass is 19.1. The molecule has 20 atom stereocenters. The lowest BCUT2D eigenvalue weighted by Crippen LogP contribution is -2.67. The van der Waals surface area contributed by atoms with E-state index >= 15 is 4.39 Å². The van der Waals surface area contributed by atoms with Crippen LogP contribution in [0.5, 0.6) is 0 Å². The van der Waals surface area contributed by atoms with Gasteiger partial charge in [0.05, 0.1) is 105 Å². The second kappa shape index (κ2) is 47.6. The summed E-state index contributed by atoms with van der Waals surface area (Å²) in [6, 6.07) is 108. The van der Waals surface area contributed by atoms with E-state index in [0.717, 1.165) is 61.2 Å². The van der Waals surface area contributed by atoms with E-state index in [0.29, 0.717) is 6.61 Å². The molecule has 0 aliphatic carbocycles. The predicted molar refractivity (Wildman–Crippen MR) is 465 cm³/mol. The second-order valence-corrected chi connectivity index (χ2v) is 31.7. The van der Waals surface area contributed by atoms with Gasteiger partial charge in [0.15, 0.2) is 31.1 Å². The fraction of sp³-hybridized carbons (Fsp3) is 0.356. The largest absolute Gasteiger partial charge is 0.457 e. The van der Waals surface area contributed by atoms with E-state index in [1.165, 1.54) is 6.92 Å². The standard InChI is InChI=1S/C104H111FO20/c1-73-90(109-60-77-40-18-5-19-41-77)91(110-61-78-42-20-6-21-43-78)86(69-107-58-75-36-14-3-15-37-75)122-102(73)118-72-89-93(112-63-80-46-24-8-25-47-80)95(114-65-82-50-28-10-29-51-82)99(117-68-85-56-34-13-35-57-85)104(124-89)125-100-96(115-66-83-52-30-11-31-53-83)92(111-62-79-44-22-7-23-45-79)87(70-108-59-76-38-16-4-17-39-76)123-103(100)119-71-88-94(113-64-81-48-26-9-27-49-81)97(120-74(2)106)98(101(105)121-88)116-67-84-54-32-12-33-55-84/h3-57,73,86-104H,58-72H2,1-2H3/t73?,86?,87?,88?,89?,90-,91-,92-,93-,94-,95+,96+,97+,98?,99?,100?,101+,102-,103+,104-/m1/s1. The van der Waals surface area contributed by atoms with Crippen molar-refractivity contribution in [3.63, 3.8) is 0 Å². The van der Waals surface area contributed by atoms with E-state index in [1.54, 1.807) is 0 Å². The fourth-order valence-corrected chi connectivity index (χ4v) is 16.1. The zero-order valence-electron chi connectivity index (χ0n) is 70.5. The molecular weight excluding hydrogens is 1590 g/mol. The third-order valence-corrected chi connectivity index (χ3v) is 22.5. The van der Waals surface area contributed by atoms with Crippen molar-refractivity contribution >= 4 is 5.97 Å². The van der Waals surface area contributed by atoms with Gasteiger partial charge in [-0.1, -0.05) is 341 Å². The number of ether oxygens (including phenoxy) is 19. The molecule has 0 spiro atoms. The Labute approximate surface area is 731 Å². The summed E-state index contributed by atoms with van der Waals surface area (Å²) in [5.74, 6) is -1.20. The monoisotopic (exact) mass is 1700 g/mol. The van der Waals surface area contributed by atoms with E-state index in [-0.39, 0.29) is 85.9 Å². The van der Waals surface area contributed by atoms with Crippen molar-refractivity contribution in [1.29, 1.82) is 0 Å². The summed E-state index contributed by atoms with van der Waals surface area (Å²) in [4.78, 5) is 13.5. The van der Waals surface area contributed by atoms with Crippen molar-refractivity contribution in [3.8, 4) is 0 Å². The summed E-state index contributed by atoms with van der Waals surface area (Å²) in [7, 11) is 0. The molecule has 4 saturated heterocycles. The summed E-state index contributed by atoms with van der Waals surface area (Å²) in [5, 5.41) is 0. The minimum Gasteiger partial charge on any atom is -0.457 e. The smallest absolute Gasteiger partial charge is 0.303 e. The highest BCUT2D eigenvalue weighted by molar-refractivity contribution is 5.66. The van der Waals surface area contributed by atoms with Gasteiger partial charge in [0, 0.05) is 12.8 Å². The number of rotatable bonds is 44. The molecule has 0 bridgehead atoms. The van der Waals surface area contributed by atoms with Crippen LogP contribution in [-0.4, -0.2) is 149 Å². The lowest BCUT2D eigenvalue weighted by molar-refractivity contribution is -0.389. The Kier molecular flexibility index (Phi) is 34.2. The summed E-state index contributed by atoms with van der Waals surface area (Å²) in [6.07, 6.45) is -22.5. The first-order valence-corrected chi connectivity index (χ1v) is 43.1. The van der Waals surface area contributed by atoms with Gasteiger partial charge in [-0.05, 0) is 61.2 Å². The summed E-state index contributed by atoms with van der Waals surface area (Å²) >= 11 is 0. The van der Waals surface area contributed by atoms with E-state index < -0.39 is 135 Å². The maximum absolute atomic E-state index is 17.7. The van der Waals surface area contributed by atoms with Crippen LogP contribution >= 0.6 is 0 Å². The molecule has 4 aliphatic rings. The lowest BCUT2D eigenvalue weighted by atomic mass is 9.91. The Morgan fingerprint density at radius 3 is 0.800 bits per heavy atom. The van der Waals surface area contributed by atoms with Crippen LogP contribution in [0.2, 0.25) is 0 Å². The van der Waals surface area contributed by atoms with Gasteiger partial charge in [-0.3, -0.25) is 4.79 Å². The second-order valence-electron chi connectivity index (χ2n) is 31.7. The Morgan fingerprint density at radius 1 is 0.240 bits per heavy atom. The first-order valence-electron chi connectivity index (χ1n) is 43.1. The van der Waals surface area contributed by atoms with Crippen molar-refractivity contribution in [2.75, 3.05) is 26.4 Å². The molecule has 11 aromatic rings. The maximum atomic E-state index is 17.7. The number of carbonyl (C=O) groups is 1. The highest BCUT2D eigenvalue weighted by Crippen LogP contribution is 2.41. The van der Waals surface area contributed by atoms with Crippen molar-refractivity contribution in [2.24, 2.45) is 5.92 Å². The van der Waals surface area contributed by atoms with Crippen LogP contribution in [0.4, 0.5) is 4.39 Å². The minimum absolute atomic E-state index is 0.00645.